The van der Waals surface area contributed by atoms with Gasteiger partial charge in [-0.05, 0) is 28.8 Å². The number of nitrogens with one attached hydrogen (secondary N) is 1. The number of fused-ring (bicyclic) bond motifs is 1. The fourth-order valence-corrected chi connectivity index (χ4v) is 3.04. The van der Waals surface area contributed by atoms with Crippen molar-refractivity contribution < 1.29 is 50.9 Å². The summed E-state index contributed by atoms with van der Waals surface area (Å²) in [7, 11) is 0. The number of nitrogens with zero attached hydrogens (tertiary/aromatic N) is 2. The molecule has 0 spiro atoms. The van der Waals surface area contributed by atoms with Crippen LogP contribution in [-0.2, 0) is 20.9 Å². The lowest BCUT2D eigenvalue weighted by Gasteiger charge is -2.27. The summed E-state index contributed by atoms with van der Waals surface area (Å²) in [6, 6.07) is 15.1. The second-order valence-corrected chi connectivity index (χ2v) is 7.29. The highest BCUT2D eigenvalue weighted by Crippen LogP contribution is 2.27. The van der Waals surface area contributed by atoms with Crippen molar-refractivity contribution in [3.8, 4) is 11.1 Å². The van der Waals surface area contributed by atoms with E-state index in [4.69, 9.17) is 24.5 Å². The molecule has 14 heteroatoms. The number of benzene rings is 2. The van der Waals surface area contributed by atoms with Gasteiger partial charge in [-0.1, -0.05) is 30.3 Å². The van der Waals surface area contributed by atoms with Crippen LogP contribution in [0.4, 0.5) is 26.3 Å². The molecule has 4 rings (SSSR count). The van der Waals surface area contributed by atoms with Crippen LogP contribution in [-0.4, -0.2) is 75.7 Å². The number of ether oxygens (including phenoxy) is 1. The third-order valence-corrected chi connectivity index (χ3v) is 4.73. The van der Waals surface area contributed by atoms with Gasteiger partial charge in [-0.15, -0.1) is 0 Å². The van der Waals surface area contributed by atoms with Gasteiger partial charge in [-0.3, -0.25) is 4.90 Å². The van der Waals surface area contributed by atoms with Gasteiger partial charge in [-0.2, -0.15) is 26.3 Å². The van der Waals surface area contributed by atoms with Crippen LogP contribution in [0.1, 0.15) is 5.56 Å². The lowest BCUT2D eigenvalue weighted by atomic mass is 9.99. The number of morpholine rings is 1. The van der Waals surface area contributed by atoms with E-state index in [0.29, 0.717) is 0 Å². The summed E-state index contributed by atoms with van der Waals surface area (Å²) in [5.41, 5.74) is 5.99. The molecular weight excluding hydrogens is 500 g/mol. The number of aromatic amines is 1. The number of aliphatic carboxylic acids is 2. The molecule has 196 valence electrons. The Labute approximate surface area is 200 Å². The van der Waals surface area contributed by atoms with Gasteiger partial charge in [0.05, 0.1) is 30.6 Å². The highest BCUT2D eigenvalue weighted by atomic mass is 19.4. The number of hydrogen-bond acceptors (Lipinski definition) is 5. The molecule has 0 aliphatic carbocycles. The Morgan fingerprint density at radius 1 is 0.944 bits per heavy atom. The summed E-state index contributed by atoms with van der Waals surface area (Å²) in [6.07, 6.45) is -8.42. The zero-order chi connectivity index (χ0) is 26.9. The van der Waals surface area contributed by atoms with Gasteiger partial charge in [0, 0.05) is 19.6 Å². The average molecular weight is 521 g/mol. The predicted octanol–water partition coefficient (Wildman–Crippen LogP) is 4.33. The average Bonchev–Trinajstić information content (AvgIpc) is 3.28. The van der Waals surface area contributed by atoms with Crippen LogP contribution in [0.5, 0.6) is 0 Å². The Morgan fingerprint density at radius 2 is 1.50 bits per heavy atom. The number of hydrogen-bond donors (Lipinski definition) is 3. The van der Waals surface area contributed by atoms with Gasteiger partial charge < -0.3 is 19.9 Å². The first-order chi connectivity index (χ1) is 16.8. The van der Waals surface area contributed by atoms with E-state index >= 15 is 0 Å². The normalized spacial score (nSPS) is 14.3. The molecule has 3 aromatic rings. The molecule has 0 bridgehead atoms. The minimum absolute atomic E-state index is 0.836. The van der Waals surface area contributed by atoms with Crippen molar-refractivity contribution in [1.82, 2.24) is 14.9 Å². The molecule has 0 radical (unpaired) electrons. The van der Waals surface area contributed by atoms with Gasteiger partial charge in [-0.25, -0.2) is 14.6 Å². The number of aromatic nitrogens is 2. The van der Waals surface area contributed by atoms with E-state index in [0.717, 1.165) is 43.9 Å². The highest BCUT2D eigenvalue weighted by molar-refractivity contribution is 5.82. The van der Waals surface area contributed by atoms with Crippen molar-refractivity contribution in [3.05, 3.63) is 54.4 Å². The maximum atomic E-state index is 10.6. The van der Waals surface area contributed by atoms with Crippen LogP contribution in [0.25, 0.3) is 22.2 Å². The number of carboxylic acid groups (broad SMARTS) is 2. The monoisotopic (exact) mass is 521 g/mol. The molecule has 1 aromatic heterocycles. The van der Waals surface area contributed by atoms with Gasteiger partial charge in [0.2, 0.25) is 0 Å². The van der Waals surface area contributed by atoms with E-state index < -0.39 is 24.3 Å². The second-order valence-electron chi connectivity index (χ2n) is 7.29. The van der Waals surface area contributed by atoms with E-state index in [9.17, 15) is 26.3 Å². The van der Waals surface area contributed by atoms with Crippen LogP contribution in [0.3, 0.4) is 0 Å². The number of carboxylic acids is 2. The molecule has 8 nitrogen and oxygen atoms in total. The van der Waals surface area contributed by atoms with Gasteiger partial charge in [0.25, 0.3) is 0 Å². The summed E-state index contributed by atoms with van der Waals surface area (Å²) in [6.45, 7) is 4.66. The zero-order valence-corrected chi connectivity index (χ0v) is 18.4. The molecule has 36 heavy (non-hydrogen) atoms. The van der Waals surface area contributed by atoms with E-state index in [2.05, 4.69) is 57.3 Å². The minimum atomic E-state index is -5.08. The molecule has 0 atom stereocenters. The van der Waals surface area contributed by atoms with Crippen molar-refractivity contribution in [1.29, 1.82) is 0 Å². The SMILES string of the molecule is O=C(O)C(F)(F)F.O=C(O)C(F)(F)F.c1ccc(-c2ccc3nc[nH]c3c2)c(CN2CCOCC2)c1. The Hall–Kier alpha value is -3.65. The van der Waals surface area contributed by atoms with Crippen molar-refractivity contribution in [2.45, 2.75) is 18.9 Å². The van der Waals surface area contributed by atoms with E-state index in [1.807, 2.05) is 0 Å². The number of carbonyl (C=O) groups is 2. The molecule has 0 amide bonds. The molecule has 1 aliphatic heterocycles. The number of halogens is 6. The zero-order valence-electron chi connectivity index (χ0n) is 18.4. The number of rotatable bonds is 3. The molecule has 1 aliphatic rings. The standard InChI is InChI=1S/C18H19N3O.2C2HF3O2/c1-2-4-16(14-5-6-17-18(11-14)20-13-19-17)15(3-1)12-21-7-9-22-10-8-21;2*3-2(4,5)1(6)7/h1-6,11,13H,7-10,12H2,(H,19,20);2*(H,6,7). The minimum Gasteiger partial charge on any atom is -0.475 e. The third-order valence-electron chi connectivity index (χ3n) is 4.73. The summed E-state index contributed by atoms with van der Waals surface area (Å²) >= 11 is 0. The van der Waals surface area contributed by atoms with Crippen molar-refractivity contribution in [2.75, 3.05) is 26.3 Å². The van der Waals surface area contributed by atoms with E-state index in [-0.39, 0.29) is 0 Å². The molecule has 1 saturated heterocycles. The van der Waals surface area contributed by atoms with Crippen LogP contribution < -0.4 is 0 Å². The Kier molecular flexibility index (Phi) is 9.81. The second kappa shape index (κ2) is 12.4. The molecule has 2 heterocycles. The van der Waals surface area contributed by atoms with Crippen LogP contribution in [0.2, 0.25) is 0 Å². The maximum Gasteiger partial charge on any atom is 0.490 e. The van der Waals surface area contributed by atoms with Crippen molar-refractivity contribution >= 4 is 23.0 Å². The Bertz CT molecular complexity index is 1130. The van der Waals surface area contributed by atoms with Gasteiger partial charge >= 0.3 is 24.3 Å². The number of H-pyrrole nitrogens is 1. The smallest absolute Gasteiger partial charge is 0.475 e. The van der Waals surface area contributed by atoms with Crippen LogP contribution in [0, 0.1) is 0 Å². The maximum absolute atomic E-state index is 10.6. The van der Waals surface area contributed by atoms with Crippen molar-refractivity contribution in [3.63, 3.8) is 0 Å². The fraction of sp³-hybridized carbons (Fsp3) is 0.318. The lowest BCUT2D eigenvalue weighted by molar-refractivity contribution is -0.193. The first-order valence-electron chi connectivity index (χ1n) is 10.2. The largest absolute Gasteiger partial charge is 0.490 e. The van der Waals surface area contributed by atoms with E-state index in [1.54, 1.807) is 6.33 Å². The first kappa shape index (κ1) is 28.6. The van der Waals surface area contributed by atoms with E-state index in [1.165, 1.54) is 16.7 Å². The molecule has 2 aromatic carbocycles. The summed E-state index contributed by atoms with van der Waals surface area (Å²) < 4.78 is 68.9. The third kappa shape index (κ3) is 8.85. The summed E-state index contributed by atoms with van der Waals surface area (Å²) in [4.78, 5) is 27.7. The highest BCUT2D eigenvalue weighted by Gasteiger charge is 2.38. The van der Waals surface area contributed by atoms with Crippen LogP contribution >= 0.6 is 0 Å². The van der Waals surface area contributed by atoms with Crippen molar-refractivity contribution in [2.24, 2.45) is 0 Å². The molecule has 1 fully saturated rings. The predicted molar refractivity (Wildman–Crippen MR) is 115 cm³/mol. The first-order valence-corrected chi connectivity index (χ1v) is 10.2. The molecule has 3 N–H and O–H groups in total. The fourth-order valence-electron chi connectivity index (χ4n) is 3.04. The van der Waals surface area contributed by atoms with Crippen LogP contribution in [0.15, 0.2) is 48.8 Å². The Morgan fingerprint density at radius 3 is 2.06 bits per heavy atom. The molecule has 0 unspecified atom stereocenters. The Balaban J connectivity index is 0.000000271. The molecular formula is C22H21F6N3O5. The summed E-state index contributed by atoms with van der Waals surface area (Å²) in [5.74, 6) is -5.51. The quantitative estimate of drug-likeness (QED) is 0.440. The number of imidazole rings is 1. The number of alkyl halides is 6. The molecule has 0 saturated carbocycles. The lowest BCUT2D eigenvalue weighted by Crippen LogP contribution is -2.35. The summed E-state index contributed by atoms with van der Waals surface area (Å²) in [5, 5.41) is 14.2. The van der Waals surface area contributed by atoms with Gasteiger partial charge in [0.1, 0.15) is 0 Å². The van der Waals surface area contributed by atoms with Gasteiger partial charge in [0.15, 0.2) is 0 Å². The topological polar surface area (TPSA) is 116 Å².